The number of H-pyrrole nitrogens is 1. The normalized spacial score (nSPS) is 21.5. The fourth-order valence-electron chi connectivity index (χ4n) is 3.15. The van der Waals surface area contributed by atoms with Gasteiger partial charge in [-0.15, -0.1) is 12.4 Å². The molecule has 1 aromatic heterocycles. The Morgan fingerprint density at radius 1 is 1.29 bits per heavy atom. The number of amides is 1. The summed E-state index contributed by atoms with van der Waals surface area (Å²) in [7, 11) is -3.58. The second-order valence-electron chi connectivity index (χ2n) is 6.31. The number of nitrogens with one attached hydrogen (secondary N) is 3. The Kier molecular flexibility index (Phi) is 6.68. The van der Waals surface area contributed by atoms with E-state index in [1.807, 2.05) is 0 Å². The number of carbonyl (C=O) groups is 1. The number of rotatable bonds is 5. The maximum absolute atomic E-state index is 12.4. The summed E-state index contributed by atoms with van der Waals surface area (Å²) in [5.74, 6) is 0.198. The number of hydrogen-bond acceptors (Lipinski definition) is 4. The van der Waals surface area contributed by atoms with E-state index in [2.05, 4.69) is 15.0 Å². The molecule has 2 aliphatic heterocycles. The molecule has 0 saturated carbocycles. The molecule has 1 amide bonds. The van der Waals surface area contributed by atoms with Gasteiger partial charge in [-0.05, 0) is 50.8 Å². The molecule has 3 heterocycles. The lowest BCUT2D eigenvalue weighted by Crippen LogP contribution is -2.38. The van der Waals surface area contributed by atoms with Crippen LogP contribution in [-0.2, 0) is 10.0 Å². The standard InChI is InChI=1S/C15H24N4O3S.ClH/c20-15(19-6-1-2-7-19)14-8-13(11-17-14)23(21,22)18-10-12-4-3-5-16-9-12;/h8,11-12,16-18H,1-7,9-10H2;1H. The molecule has 0 radical (unpaired) electrons. The van der Waals surface area contributed by atoms with Gasteiger partial charge in [-0.1, -0.05) is 0 Å². The van der Waals surface area contributed by atoms with E-state index in [9.17, 15) is 13.2 Å². The lowest BCUT2D eigenvalue weighted by molar-refractivity contribution is 0.0787. The van der Waals surface area contributed by atoms with Gasteiger partial charge >= 0.3 is 0 Å². The first-order chi connectivity index (χ1) is 11.1. The lowest BCUT2D eigenvalue weighted by atomic mass is 10.0. The Balaban J connectivity index is 0.00000208. The van der Waals surface area contributed by atoms with Gasteiger partial charge in [0.15, 0.2) is 0 Å². The molecule has 3 N–H and O–H groups in total. The Hall–Kier alpha value is -1.09. The van der Waals surface area contributed by atoms with Gasteiger partial charge in [0.25, 0.3) is 5.91 Å². The Labute approximate surface area is 149 Å². The highest BCUT2D eigenvalue weighted by Gasteiger charge is 2.24. The summed E-state index contributed by atoms with van der Waals surface area (Å²) in [4.78, 5) is 16.9. The third-order valence-electron chi connectivity index (χ3n) is 4.55. The van der Waals surface area contributed by atoms with Crippen LogP contribution in [0.3, 0.4) is 0 Å². The SMILES string of the molecule is Cl.O=C(c1cc(S(=O)(=O)NCC2CCCNC2)c[nH]1)N1CCCC1. The molecule has 3 rings (SSSR count). The van der Waals surface area contributed by atoms with Crippen LogP contribution in [0, 0.1) is 5.92 Å². The van der Waals surface area contributed by atoms with Crippen LogP contribution >= 0.6 is 12.4 Å². The van der Waals surface area contributed by atoms with Gasteiger partial charge in [0.05, 0.1) is 0 Å². The summed E-state index contributed by atoms with van der Waals surface area (Å²) in [6.07, 6.45) is 5.51. The van der Waals surface area contributed by atoms with Crippen LogP contribution in [0.2, 0.25) is 0 Å². The third kappa shape index (κ3) is 4.50. The third-order valence-corrected chi connectivity index (χ3v) is 5.95. The minimum absolute atomic E-state index is 0. The molecule has 0 aromatic carbocycles. The number of likely N-dealkylation sites (tertiary alicyclic amines) is 1. The number of piperidine rings is 1. The van der Waals surface area contributed by atoms with E-state index in [1.165, 1.54) is 12.3 Å². The molecule has 9 heteroatoms. The van der Waals surface area contributed by atoms with Crippen LogP contribution in [0.4, 0.5) is 0 Å². The maximum atomic E-state index is 12.4. The molecule has 2 aliphatic rings. The second kappa shape index (κ2) is 8.33. The summed E-state index contributed by atoms with van der Waals surface area (Å²) in [6, 6.07) is 1.43. The molecular weight excluding hydrogens is 352 g/mol. The van der Waals surface area contributed by atoms with Crippen molar-refractivity contribution in [1.29, 1.82) is 0 Å². The van der Waals surface area contributed by atoms with Crippen molar-refractivity contribution in [3.63, 3.8) is 0 Å². The van der Waals surface area contributed by atoms with Crippen LogP contribution in [0.1, 0.15) is 36.2 Å². The molecule has 1 atom stereocenters. The Morgan fingerprint density at radius 2 is 2.04 bits per heavy atom. The highest BCUT2D eigenvalue weighted by Crippen LogP contribution is 2.16. The van der Waals surface area contributed by atoms with Gasteiger partial charge in [0, 0.05) is 25.8 Å². The van der Waals surface area contributed by atoms with Crippen LogP contribution in [0.15, 0.2) is 17.2 Å². The average molecular weight is 377 g/mol. The van der Waals surface area contributed by atoms with Gasteiger partial charge in [0.1, 0.15) is 10.6 Å². The summed E-state index contributed by atoms with van der Waals surface area (Å²) < 4.78 is 27.4. The van der Waals surface area contributed by atoms with Gasteiger partial charge in [-0.3, -0.25) is 4.79 Å². The van der Waals surface area contributed by atoms with E-state index >= 15 is 0 Å². The number of carbonyl (C=O) groups excluding carboxylic acids is 1. The second-order valence-corrected chi connectivity index (χ2v) is 8.08. The zero-order valence-electron chi connectivity index (χ0n) is 13.6. The first-order valence-corrected chi connectivity index (χ1v) is 9.73. The lowest BCUT2D eigenvalue weighted by Gasteiger charge is -2.22. The van der Waals surface area contributed by atoms with Crippen molar-refractivity contribution in [3.05, 3.63) is 18.0 Å². The minimum Gasteiger partial charge on any atom is -0.356 e. The monoisotopic (exact) mass is 376 g/mol. The van der Waals surface area contributed by atoms with Crippen molar-refractivity contribution < 1.29 is 13.2 Å². The van der Waals surface area contributed by atoms with Crippen molar-refractivity contribution >= 4 is 28.3 Å². The van der Waals surface area contributed by atoms with E-state index in [0.717, 1.165) is 51.9 Å². The van der Waals surface area contributed by atoms with Gasteiger partial charge < -0.3 is 15.2 Å². The molecule has 1 aromatic rings. The zero-order chi connectivity index (χ0) is 16.3. The molecule has 0 bridgehead atoms. The van der Waals surface area contributed by atoms with E-state index in [0.29, 0.717) is 18.2 Å². The topological polar surface area (TPSA) is 94.3 Å². The maximum Gasteiger partial charge on any atom is 0.270 e. The molecule has 2 fully saturated rings. The number of aromatic amines is 1. The van der Waals surface area contributed by atoms with E-state index < -0.39 is 10.0 Å². The predicted octanol–water partition coefficient (Wildman–Crippen LogP) is 0.950. The number of aromatic nitrogens is 1. The summed E-state index contributed by atoms with van der Waals surface area (Å²) in [5, 5.41) is 3.27. The first-order valence-electron chi connectivity index (χ1n) is 8.24. The smallest absolute Gasteiger partial charge is 0.270 e. The molecule has 2 saturated heterocycles. The molecule has 1 unspecified atom stereocenters. The Bertz CT molecular complexity index is 649. The van der Waals surface area contributed by atoms with Crippen molar-refractivity contribution in [1.82, 2.24) is 19.9 Å². The van der Waals surface area contributed by atoms with Crippen molar-refractivity contribution in [2.75, 3.05) is 32.7 Å². The number of sulfonamides is 1. The number of nitrogens with zero attached hydrogens (tertiary/aromatic N) is 1. The Morgan fingerprint density at radius 3 is 2.71 bits per heavy atom. The zero-order valence-corrected chi connectivity index (χ0v) is 15.2. The minimum atomic E-state index is -3.58. The molecular formula is C15H25ClN4O3S. The fourth-order valence-corrected chi connectivity index (χ4v) is 4.26. The highest BCUT2D eigenvalue weighted by atomic mass is 35.5. The fraction of sp³-hybridized carbons (Fsp3) is 0.667. The molecule has 136 valence electrons. The van der Waals surface area contributed by atoms with Gasteiger partial charge in [0.2, 0.25) is 10.0 Å². The number of halogens is 1. The largest absolute Gasteiger partial charge is 0.356 e. The number of hydrogen-bond donors (Lipinski definition) is 3. The summed E-state index contributed by atoms with van der Waals surface area (Å²) in [5.41, 5.74) is 0.339. The van der Waals surface area contributed by atoms with E-state index in [4.69, 9.17) is 0 Å². The van der Waals surface area contributed by atoms with Gasteiger partial charge in [-0.25, -0.2) is 13.1 Å². The molecule has 0 spiro atoms. The van der Waals surface area contributed by atoms with Crippen LogP contribution < -0.4 is 10.0 Å². The molecule has 7 nitrogen and oxygen atoms in total. The summed E-state index contributed by atoms with van der Waals surface area (Å²) in [6.45, 7) is 3.76. The van der Waals surface area contributed by atoms with Crippen molar-refractivity contribution in [2.45, 2.75) is 30.6 Å². The molecule has 0 aliphatic carbocycles. The van der Waals surface area contributed by atoms with Crippen LogP contribution in [-0.4, -0.2) is 56.9 Å². The van der Waals surface area contributed by atoms with Crippen LogP contribution in [0.25, 0.3) is 0 Å². The predicted molar refractivity (Wildman–Crippen MR) is 94.0 cm³/mol. The quantitative estimate of drug-likeness (QED) is 0.713. The van der Waals surface area contributed by atoms with Crippen molar-refractivity contribution in [2.24, 2.45) is 5.92 Å². The van der Waals surface area contributed by atoms with E-state index in [-0.39, 0.29) is 23.2 Å². The van der Waals surface area contributed by atoms with Gasteiger partial charge in [-0.2, -0.15) is 0 Å². The van der Waals surface area contributed by atoms with Crippen molar-refractivity contribution in [3.8, 4) is 0 Å². The van der Waals surface area contributed by atoms with Crippen LogP contribution in [0.5, 0.6) is 0 Å². The first kappa shape index (κ1) is 19.2. The average Bonchev–Trinajstić information content (AvgIpc) is 3.25. The highest BCUT2D eigenvalue weighted by molar-refractivity contribution is 7.89. The molecule has 24 heavy (non-hydrogen) atoms. The van der Waals surface area contributed by atoms with E-state index in [1.54, 1.807) is 4.90 Å². The summed E-state index contributed by atoms with van der Waals surface area (Å²) >= 11 is 0.